The molecule has 0 radical (unpaired) electrons. The Bertz CT molecular complexity index is 879. The van der Waals surface area contributed by atoms with E-state index in [1.807, 2.05) is 24.3 Å². The topological polar surface area (TPSA) is 66.9 Å². The molecule has 154 valence electrons. The maximum absolute atomic E-state index is 12.7. The van der Waals surface area contributed by atoms with Gasteiger partial charge in [-0.2, -0.15) is 0 Å². The van der Waals surface area contributed by atoms with Gasteiger partial charge in [0.15, 0.2) is 6.10 Å². The molecule has 0 aliphatic carbocycles. The predicted molar refractivity (Wildman–Crippen MR) is 114 cm³/mol. The molecule has 1 heterocycles. The van der Waals surface area contributed by atoms with Crippen LogP contribution in [-0.2, 0) is 26.1 Å². The summed E-state index contributed by atoms with van der Waals surface area (Å²) in [6.07, 6.45) is 0.762. The summed E-state index contributed by atoms with van der Waals surface area (Å²) in [5.41, 5.74) is 2.31. The van der Waals surface area contributed by atoms with Crippen molar-refractivity contribution < 1.29 is 18.5 Å². The molecule has 2 atom stereocenters. The molecule has 0 bridgehead atoms. The third-order valence-corrected chi connectivity index (χ3v) is 5.62. The second kappa shape index (κ2) is 9.69. The highest BCUT2D eigenvalue weighted by Gasteiger charge is 2.27. The van der Waals surface area contributed by atoms with Crippen LogP contribution in [0.3, 0.4) is 0 Å². The number of para-hydroxylation sites is 1. The van der Waals surface area contributed by atoms with Crippen molar-refractivity contribution in [1.82, 2.24) is 4.90 Å². The summed E-state index contributed by atoms with van der Waals surface area (Å²) in [4.78, 5) is 29.1. The molecule has 29 heavy (non-hydrogen) atoms. The molecule has 6 nitrogen and oxygen atoms in total. The van der Waals surface area contributed by atoms with Gasteiger partial charge in [0.25, 0.3) is 5.91 Å². The predicted octanol–water partition coefficient (Wildman–Crippen LogP) is 2.46. The summed E-state index contributed by atoms with van der Waals surface area (Å²) in [7, 11) is -0.993. The van der Waals surface area contributed by atoms with Crippen molar-refractivity contribution in [3.05, 3.63) is 65.7 Å². The molecule has 1 saturated heterocycles. The van der Waals surface area contributed by atoms with Crippen molar-refractivity contribution in [2.45, 2.75) is 18.8 Å². The van der Waals surface area contributed by atoms with Crippen molar-refractivity contribution >= 4 is 28.4 Å². The summed E-state index contributed by atoms with van der Waals surface area (Å²) >= 11 is 0. The van der Waals surface area contributed by atoms with Crippen LogP contribution in [0.4, 0.5) is 5.69 Å². The van der Waals surface area contributed by atoms with Crippen LogP contribution >= 0.6 is 0 Å². The number of hydrogen-bond donors (Lipinski definition) is 0. The van der Waals surface area contributed by atoms with E-state index in [-0.39, 0.29) is 5.91 Å². The first-order chi connectivity index (χ1) is 13.9. The van der Waals surface area contributed by atoms with Crippen molar-refractivity contribution in [2.24, 2.45) is 0 Å². The Labute approximate surface area is 173 Å². The summed E-state index contributed by atoms with van der Waals surface area (Å²) in [5.74, 6) is -0.351. The number of hydrogen-bond acceptors (Lipinski definition) is 5. The molecule has 0 saturated carbocycles. The third-order valence-electron chi connectivity index (χ3n) is 4.88. The van der Waals surface area contributed by atoms with Crippen LogP contribution in [-0.4, -0.2) is 59.5 Å². The van der Waals surface area contributed by atoms with Crippen LogP contribution in [0.5, 0.6) is 0 Å². The first kappa shape index (κ1) is 21.0. The molecule has 2 aromatic carbocycles. The molecule has 2 unspecified atom stereocenters. The molecule has 1 fully saturated rings. The SMILES string of the molecule is CC(OC(=O)c1cccc(CS(C)=O)c1)C(=O)N1CCN(c2ccccc2)CC1. The highest BCUT2D eigenvalue weighted by molar-refractivity contribution is 7.83. The zero-order valence-electron chi connectivity index (χ0n) is 16.7. The molecule has 0 aromatic heterocycles. The standard InChI is InChI=1S/C22H26N2O4S/c1-17(28-22(26)19-8-6-7-18(15-19)16-29(2)27)21(25)24-13-11-23(12-14-24)20-9-4-3-5-10-20/h3-10,15,17H,11-14,16H2,1-2H3. The van der Waals surface area contributed by atoms with Gasteiger partial charge in [0.05, 0.1) is 5.56 Å². The molecular formula is C22H26N2O4S. The van der Waals surface area contributed by atoms with E-state index in [2.05, 4.69) is 17.0 Å². The van der Waals surface area contributed by atoms with Gasteiger partial charge in [-0.15, -0.1) is 0 Å². The van der Waals surface area contributed by atoms with Crippen molar-refractivity contribution in [2.75, 3.05) is 37.3 Å². The van der Waals surface area contributed by atoms with E-state index < -0.39 is 22.9 Å². The smallest absolute Gasteiger partial charge is 0.338 e. The van der Waals surface area contributed by atoms with E-state index in [0.717, 1.165) is 24.3 Å². The number of benzene rings is 2. The summed E-state index contributed by atoms with van der Waals surface area (Å²) < 4.78 is 16.8. The van der Waals surface area contributed by atoms with Crippen LogP contribution in [0.15, 0.2) is 54.6 Å². The molecule has 1 aliphatic rings. The normalized spacial score (nSPS) is 16.2. The van der Waals surface area contributed by atoms with Gasteiger partial charge in [-0.25, -0.2) is 4.79 Å². The number of nitrogens with zero attached hydrogens (tertiary/aromatic N) is 2. The minimum atomic E-state index is -0.993. The Kier molecular flexibility index (Phi) is 7.04. The summed E-state index contributed by atoms with van der Waals surface area (Å²) in [6.45, 7) is 4.27. The van der Waals surface area contributed by atoms with Crippen LogP contribution in [0.1, 0.15) is 22.8 Å². The molecule has 0 N–H and O–H groups in total. The first-order valence-electron chi connectivity index (χ1n) is 9.63. The number of carbonyl (C=O) groups excluding carboxylic acids is 2. The van der Waals surface area contributed by atoms with Crippen molar-refractivity contribution in [3.8, 4) is 0 Å². The molecular weight excluding hydrogens is 388 g/mol. The maximum atomic E-state index is 12.7. The Morgan fingerprint density at radius 3 is 2.38 bits per heavy atom. The zero-order chi connectivity index (χ0) is 20.8. The Morgan fingerprint density at radius 1 is 1.03 bits per heavy atom. The maximum Gasteiger partial charge on any atom is 0.338 e. The Morgan fingerprint density at radius 2 is 1.72 bits per heavy atom. The number of ether oxygens (including phenoxy) is 1. The number of carbonyl (C=O) groups is 2. The van der Waals surface area contributed by atoms with Gasteiger partial charge in [-0.3, -0.25) is 9.00 Å². The van der Waals surface area contributed by atoms with Gasteiger partial charge in [0.2, 0.25) is 0 Å². The van der Waals surface area contributed by atoms with E-state index >= 15 is 0 Å². The lowest BCUT2D eigenvalue weighted by Crippen LogP contribution is -2.51. The quantitative estimate of drug-likeness (QED) is 0.680. The Balaban J connectivity index is 1.54. The van der Waals surface area contributed by atoms with Gasteiger partial charge in [-0.1, -0.05) is 30.3 Å². The van der Waals surface area contributed by atoms with Crippen molar-refractivity contribution in [1.29, 1.82) is 0 Å². The van der Waals surface area contributed by atoms with E-state index in [0.29, 0.717) is 24.4 Å². The Hall–Kier alpha value is -2.67. The monoisotopic (exact) mass is 414 g/mol. The van der Waals surface area contributed by atoms with Crippen LogP contribution < -0.4 is 4.90 Å². The average Bonchev–Trinajstić information content (AvgIpc) is 2.73. The largest absolute Gasteiger partial charge is 0.449 e. The molecule has 3 rings (SSSR count). The molecule has 0 spiro atoms. The number of piperazine rings is 1. The first-order valence-corrected chi connectivity index (χ1v) is 11.4. The second-order valence-electron chi connectivity index (χ2n) is 7.11. The average molecular weight is 415 g/mol. The highest BCUT2D eigenvalue weighted by Crippen LogP contribution is 2.17. The summed E-state index contributed by atoms with van der Waals surface area (Å²) in [5, 5.41) is 0. The lowest BCUT2D eigenvalue weighted by molar-refractivity contribution is -0.140. The minimum absolute atomic E-state index is 0.183. The molecule has 7 heteroatoms. The fraction of sp³-hybridized carbons (Fsp3) is 0.364. The molecule has 1 amide bonds. The second-order valence-corrected chi connectivity index (χ2v) is 8.55. The van der Waals surface area contributed by atoms with E-state index in [4.69, 9.17) is 4.74 Å². The summed E-state index contributed by atoms with van der Waals surface area (Å²) in [6, 6.07) is 17.0. The van der Waals surface area contributed by atoms with Gasteiger partial charge in [0, 0.05) is 54.7 Å². The number of amides is 1. The van der Waals surface area contributed by atoms with Gasteiger partial charge in [0.1, 0.15) is 0 Å². The van der Waals surface area contributed by atoms with Gasteiger partial charge < -0.3 is 14.5 Å². The fourth-order valence-corrected chi connectivity index (χ4v) is 4.03. The van der Waals surface area contributed by atoms with Crippen LogP contribution in [0, 0.1) is 0 Å². The molecule has 1 aliphatic heterocycles. The fourth-order valence-electron chi connectivity index (χ4n) is 3.38. The minimum Gasteiger partial charge on any atom is -0.449 e. The van der Waals surface area contributed by atoms with Gasteiger partial charge >= 0.3 is 5.97 Å². The van der Waals surface area contributed by atoms with E-state index in [1.165, 1.54) is 0 Å². The lowest BCUT2D eigenvalue weighted by atomic mass is 10.1. The van der Waals surface area contributed by atoms with Crippen LogP contribution in [0.2, 0.25) is 0 Å². The highest BCUT2D eigenvalue weighted by atomic mass is 32.2. The third kappa shape index (κ3) is 5.67. The lowest BCUT2D eigenvalue weighted by Gasteiger charge is -2.37. The number of rotatable bonds is 6. The van der Waals surface area contributed by atoms with Crippen LogP contribution in [0.25, 0.3) is 0 Å². The van der Waals surface area contributed by atoms with E-state index in [9.17, 15) is 13.8 Å². The molecule has 2 aromatic rings. The van der Waals surface area contributed by atoms with E-state index in [1.54, 1.807) is 36.3 Å². The van der Waals surface area contributed by atoms with Crippen molar-refractivity contribution in [3.63, 3.8) is 0 Å². The van der Waals surface area contributed by atoms with Gasteiger partial charge in [-0.05, 0) is 36.8 Å². The number of esters is 1. The zero-order valence-corrected chi connectivity index (χ0v) is 17.6. The number of anilines is 1.